The van der Waals surface area contributed by atoms with Gasteiger partial charge in [0.15, 0.2) is 0 Å². The van der Waals surface area contributed by atoms with Crippen LogP contribution in [0.15, 0.2) is 18.2 Å². The predicted octanol–water partition coefficient (Wildman–Crippen LogP) is 1.57. The number of halogens is 1. The highest BCUT2D eigenvalue weighted by molar-refractivity contribution is 5.95. The summed E-state index contributed by atoms with van der Waals surface area (Å²) in [6.07, 6.45) is 3.18. The molecule has 8 heteroatoms. The van der Waals surface area contributed by atoms with E-state index in [1.165, 1.54) is 18.6 Å². The summed E-state index contributed by atoms with van der Waals surface area (Å²) in [6.45, 7) is 1.35. The zero-order chi connectivity index (χ0) is 15.0. The lowest BCUT2D eigenvalue weighted by Crippen LogP contribution is -2.39. The van der Waals surface area contributed by atoms with Gasteiger partial charge in [-0.2, -0.15) is 0 Å². The fourth-order valence-corrected chi connectivity index (χ4v) is 3.14. The highest BCUT2D eigenvalue weighted by Gasteiger charge is 2.31. The van der Waals surface area contributed by atoms with Crippen molar-refractivity contribution in [2.24, 2.45) is 0 Å². The molecule has 0 saturated carbocycles. The molecule has 2 bridgehead atoms. The SMILES string of the molecule is Cl.Nc1ccc(C(=O)N2CCC3CCC(C2)N3)cc1[N+](=O)[O-]. The molecule has 2 saturated heterocycles. The average molecular weight is 327 g/mol. The molecule has 2 fully saturated rings. The van der Waals surface area contributed by atoms with Gasteiger partial charge in [0, 0.05) is 36.8 Å². The minimum atomic E-state index is -0.557. The Morgan fingerprint density at radius 3 is 2.77 bits per heavy atom. The van der Waals surface area contributed by atoms with Crippen LogP contribution in [0.2, 0.25) is 0 Å². The highest BCUT2D eigenvalue weighted by atomic mass is 35.5. The molecule has 22 heavy (non-hydrogen) atoms. The van der Waals surface area contributed by atoms with E-state index in [2.05, 4.69) is 5.32 Å². The maximum Gasteiger partial charge on any atom is 0.292 e. The van der Waals surface area contributed by atoms with Gasteiger partial charge in [-0.05, 0) is 31.4 Å². The molecule has 0 aliphatic carbocycles. The molecule has 0 spiro atoms. The highest BCUT2D eigenvalue weighted by Crippen LogP contribution is 2.25. The van der Waals surface area contributed by atoms with Gasteiger partial charge in [-0.15, -0.1) is 12.4 Å². The number of amides is 1. The van der Waals surface area contributed by atoms with Crippen molar-refractivity contribution in [2.45, 2.75) is 31.3 Å². The van der Waals surface area contributed by atoms with Crippen molar-refractivity contribution in [1.29, 1.82) is 0 Å². The molecule has 2 heterocycles. The zero-order valence-corrected chi connectivity index (χ0v) is 12.8. The first-order chi connectivity index (χ1) is 10.0. The second kappa shape index (κ2) is 6.50. The maximum atomic E-state index is 12.5. The summed E-state index contributed by atoms with van der Waals surface area (Å²) in [5.74, 6) is -0.160. The summed E-state index contributed by atoms with van der Waals surface area (Å²) in [5.41, 5.74) is 5.76. The third-order valence-electron chi connectivity index (χ3n) is 4.28. The predicted molar refractivity (Wildman–Crippen MR) is 85.2 cm³/mol. The van der Waals surface area contributed by atoms with Gasteiger partial charge in [-0.25, -0.2) is 0 Å². The van der Waals surface area contributed by atoms with Crippen LogP contribution in [-0.2, 0) is 0 Å². The van der Waals surface area contributed by atoms with Gasteiger partial charge >= 0.3 is 0 Å². The number of nitrogens with one attached hydrogen (secondary N) is 1. The van der Waals surface area contributed by atoms with Crippen molar-refractivity contribution in [2.75, 3.05) is 18.8 Å². The lowest BCUT2D eigenvalue weighted by Gasteiger charge is -2.24. The molecule has 3 N–H and O–H groups in total. The number of hydrogen-bond acceptors (Lipinski definition) is 5. The Morgan fingerprint density at radius 1 is 1.32 bits per heavy atom. The van der Waals surface area contributed by atoms with Crippen LogP contribution >= 0.6 is 12.4 Å². The van der Waals surface area contributed by atoms with E-state index in [0.29, 0.717) is 30.7 Å². The van der Waals surface area contributed by atoms with Gasteiger partial charge in [0.1, 0.15) is 5.69 Å². The Balaban J connectivity index is 0.00000176. The Bertz CT molecular complexity index is 595. The van der Waals surface area contributed by atoms with Crippen LogP contribution in [0.5, 0.6) is 0 Å². The number of nitrogens with zero attached hydrogens (tertiary/aromatic N) is 2. The topological polar surface area (TPSA) is 102 Å². The number of benzene rings is 1. The molecule has 0 aromatic heterocycles. The summed E-state index contributed by atoms with van der Waals surface area (Å²) in [6, 6.07) is 5.09. The second-order valence-corrected chi connectivity index (χ2v) is 5.71. The van der Waals surface area contributed by atoms with Gasteiger partial charge in [-0.3, -0.25) is 14.9 Å². The molecule has 120 valence electrons. The van der Waals surface area contributed by atoms with Crippen LogP contribution in [0, 0.1) is 10.1 Å². The third kappa shape index (κ3) is 3.15. The number of nitro groups is 1. The molecule has 1 aromatic rings. The number of carbonyl (C=O) groups is 1. The van der Waals surface area contributed by atoms with Crippen LogP contribution in [-0.4, -0.2) is 40.9 Å². The number of nitrogens with two attached hydrogens (primary N) is 1. The van der Waals surface area contributed by atoms with Gasteiger partial charge < -0.3 is 16.0 Å². The number of nitrogen functional groups attached to an aromatic ring is 1. The quantitative estimate of drug-likeness (QED) is 0.488. The number of carbonyl (C=O) groups excluding carboxylic acids is 1. The van der Waals surface area contributed by atoms with E-state index in [0.717, 1.165) is 12.8 Å². The normalized spacial score (nSPS) is 23.5. The van der Waals surface area contributed by atoms with Crippen molar-refractivity contribution in [3.63, 3.8) is 0 Å². The fraction of sp³-hybridized carbons (Fsp3) is 0.500. The van der Waals surface area contributed by atoms with Crippen molar-refractivity contribution in [3.8, 4) is 0 Å². The summed E-state index contributed by atoms with van der Waals surface area (Å²) < 4.78 is 0. The van der Waals surface area contributed by atoms with E-state index < -0.39 is 4.92 Å². The van der Waals surface area contributed by atoms with Gasteiger partial charge in [0.2, 0.25) is 0 Å². The van der Waals surface area contributed by atoms with E-state index in [1.807, 2.05) is 0 Å². The molecule has 0 radical (unpaired) electrons. The van der Waals surface area contributed by atoms with E-state index in [1.54, 1.807) is 11.0 Å². The zero-order valence-electron chi connectivity index (χ0n) is 12.0. The number of fused-ring (bicyclic) bond motifs is 2. The lowest BCUT2D eigenvalue weighted by molar-refractivity contribution is -0.383. The molecular formula is C14H19ClN4O3. The standard InChI is InChI=1S/C14H18N4O3.ClH/c15-12-4-1-9(7-13(12)18(20)21)14(19)17-6-5-10-2-3-11(8-17)16-10;/h1,4,7,10-11,16H,2-3,5-6,8,15H2;1H. The van der Waals surface area contributed by atoms with E-state index >= 15 is 0 Å². The Hall–Kier alpha value is -1.86. The van der Waals surface area contributed by atoms with E-state index in [4.69, 9.17) is 5.73 Å². The van der Waals surface area contributed by atoms with Crippen molar-refractivity contribution in [3.05, 3.63) is 33.9 Å². The van der Waals surface area contributed by atoms with Gasteiger partial charge in [-0.1, -0.05) is 0 Å². The molecule has 3 rings (SSSR count). The smallest absolute Gasteiger partial charge is 0.292 e. The fourth-order valence-electron chi connectivity index (χ4n) is 3.14. The van der Waals surface area contributed by atoms with Gasteiger partial charge in [0.25, 0.3) is 11.6 Å². The molecule has 2 unspecified atom stereocenters. The molecule has 2 aliphatic rings. The van der Waals surface area contributed by atoms with E-state index in [9.17, 15) is 14.9 Å². The maximum absolute atomic E-state index is 12.5. The number of likely N-dealkylation sites (tertiary alicyclic amines) is 1. The van der Waals surface area contributed by atoms with Crippen molar-refractivity contribution >= 4 is 29.7 Å². The molecule has 1 amide bonds. The van der Waals surface area contributed by atoms with Crippen LogP contribution in [0.4, 0.5) is 11.4 Å². The molecular weight excluding hydrogens is 308 g/mol. The number of anilines is 1. The number of nitro benzene ring substituents is 1. The van der Waals surface area contributed by atoms with Crippen LogP contribution < -0.4 is 11.1 Å². The third-order valence-corrected chi connectivity index (χ3v) is 4.28. The number of hydrogen-bond donors (Lipinski definition) is 2. The monoisotopic (exact) mass is 326 g/mol. The Kier molecular flexibility index (Phi) is 4.87. The first kappa shape index (κ1) is 16.5. The molecule has 7 nitrogen and oxygen atoms in total. The largest absolute Gasteiger partial charge is 0.393 e. The summed E-state index contributed by atoms with van der Waals surface area (Å²) in [5, 5.41) is 14.4. The minimum Gasteiger partial charge on any atom is -0.393 e. The number of rotatable bonds is 2. The van der Waals surface area contributed by atoms with Crippen LogP contribution in [0.3, 0.4) is 0 Å². The molecule has 1 aromatic carbocycles. The van der Waals surface area contributed by atoms with Gasteiger partial charge in [0.05, 0.1) is 4.92 Å². The van der Waals surface area contributed by atoms with Crippen molar-refractivity contribution < 1.29 is 9.72 Å². The average Bonchev–Trinajstić information content (AvgIpc) is 2.78. The summed E-state index contributed by atoms with van der Waals surface area (Å²) >= 11 is 0. The molecule has 2 aliphatic heterocycles. The van der Waals surface area contributed by atoms with E-state index in [-0.39, 0.29) is 29.7 Å². The van der Waals surface area contributed by atoms with Crippen molar-refractivity contribution in [1.82, 2.24) is 10.2 Å². The second-order valence-electron chi connectivity index (χ2n) is 5.71. The van der Waals surface area contributed by atoms with Crippen LogP contribution in [0.25, 0.3) is 0 Å². The Labute approximate surface area is 134 Å². The molecule has 2 atom stereocenters. The summed E-state index contributed by atoms with van der Waals surface area (Å²) in [7, 11) is 0. The van der Waals surface area contributed by atoms with Crippen LogP contribution in [0.1, 0.15) is 29.6 Å². The Morgan fingerprint density at radius 2 is 2.05 bits per heavy atom. The lowest BCUT2D eigenvalue weighted by atomic mass is 10.1. The summed E-state index contributed by atoms with van der Waals surface area (Å²) in [4.78, 5) is 24.7. The minimum absolute atomic E-state index is 0. The first-order valence-corrected chi connectivity index (χ1v) is 7.14. The first-order valence-electron chi connectivity index (χ1n) is 7.14.